The molecular formula is C23H20Cl2F3N3O5S2. The molecule has 2 N–H and O–H groups in total. The molecule has 38 heavy (non-hydrogen) atoms. The van der Waals surface area contributed by atoms with Gasteiger partial charge in [0.15, 0.2) is 0 Å². The van der Waals surface area contributed by atoms with E-state index in [0.717, 1.165) is 6.07 Å². The van der Waals surface area contributed by atoms with Crippen LogP contribution in [0.2, 0.25) is 10.0 Å². The molecule has 3 aromatic carbocycles. The van der Waals surface area contributed by atoms with Crippen molar-refractivity contribution in [2.75, 3.05) is 27.1 Å². The summed E-state index contributed by atoms with van der Waals surface area (Å²) in [5.41, 5.74) is -0.759. The molecule has 0 aliphatic rings. The molecule has 0 aliphatic heterocycles. The maximum Gasteiger partial charge on any atom is 0.416 e. The number of alkyl halides is 3. The molecule has 8 nitrogen and oxygen atoms in total. The fourth-order valence-corrected chi connectivity index (χ4v) is 5.66. The fraction of sp³-hybridized carbons (Fsp3) is 0.174. The van der Waals surface area contributed by atoms with Crippen LogP contribution < -0.4 is 14.3 Å². The third kappa shape index (κ3) is 7.10. The minimum absolute atomic E-state index is 0.108. The van der Waals surface area contributed by atoms with E-state index in [4.69, 9.17) is 23.2 Å². The van der Waals surface area contributed by atoms with E-state index in [0.29, 0.717) is 33.3 Å². The zero-order valence-electron chi connectivity index (χ0n) is 19.7. The first-order valence-electron chi connectivity index (χ1n) is 10.5. The summed E-state index contributed by atoms with van der Waals surface area (Å²) in [5.74, 6) is -0.910. The lowest BCUT2D eigenvalue weighted by atomic mass is 10.2. The number of rotatable bonds is 8. The Bertz CT molecular complexity index is 1580. The van der Waals surface area contributed by atoms with E-state index in [2.05, 4.69) is 10.0 Å². The number of anilines is 3. The molecule has 0 spiro atoms. The van der Waals surface area contributed by atoms with Crippen LogP contribution in [0, 0.1) is 6.92 Å². The number of halogens is 5. The van der Waals surface area contributed by atoms with Crippen molar-refractivity contribution in [1.29, 1.82) is 0 Å². The van der Waals surface area contributed by atoms with Gasteiger partial charge in [-0.3, -0.25) is 13.8 Å². The van der Waals surface area contributed by atoms with Gasteiger partial charge in [0.25, 0.3) is 10.0 Å². The summed E-state index contributed by atoms with van der Waals surface area (Å²) in [6, 6.07) is 11.8. The lowest BCUT2D eigenvalue weighted by molar-refractivity contribution is -0.137. The molecule has 3 rings (SSSR count). The van der Waals surface area contributed by atoms with Crippen molar-refractivity contribution in [3.05, 3.63) is 81.8 Å². The van der Waals surface area contributed by atoms with E-state index in [1.807, 2.05) is 0 Å². The molecule has 0 radical (unpaired) electrons. The Kier molecular flexibility index (Phi) is 8.56. The molecule has 0 aromatic heterocycles. The van der Waals surface area contributed by atoms with Crippen LogP contribution in [0.25, 0.3) is 0 Å². The molecule has 0 aliphatic carbocycles. The summed E-state index contributed by atoms with van der Waals surface area (Å²) in [7, 11) is -8.24. The maximum absolute atomic E-state index is 13.1. The number of nitrogens with one attached hydrogen (secondary N) is 2. The average Bonchev–Trinajstić information content (AvgIpc) is 2.80. The van der Waals surface area contributed by atoms with Crippen LogP contribution in [0.1, 0.15) is 11.1 Å². The maximum atomic E-state index is 13.1. The van der Waals surface area contributed by atoms with E-state index in [9.17, 15) is 34.8 Å². The zero-order valence-corrected chi connectivity index (χ0v) is 22.8. The van der Waals surface area contributed by atoms with E-state index in [1.54, 1.807) is 19.1 Å². The summed E-state index contributed by atoms with van der Waals surface area (Å²) in [4.78, 5) is 12.5. The summed E-state index contributed by atoms with van der Waals surface area (Å²) in [6.07, 6.45) is -4.06. The SMILES string of the molecule is Cc1c(Cl)cccc1NS(=O)(=O)c1ccc(NC(=O)CN(c2cc(C(F)(F)F)ccc2Cl)S(C)(=O)=O)cc1. The number of benzene rings is 3. The quantitative estimate of drug-likeness (QED) is 0.349. The van der Waals surface area contributed by atoms with Gasteiger partial charge in [-0.05, 0) is 67.1 Å². The molecule has 3 aromatic rings. The van der Waals surface area contributed by atoms with E-state index >= 15 is 0 Å². The minimum Gasteiger partial charge on any atom is -0.325 e. The van der Waals surface area contributed by atoms with Gasteiger partial charge in [-0.2, -0.15) is 13.2 Å². The Morgan fingerprint density at radius 3 is 2.16 bits per heavy atom. The molecule has 204 valence electrons. The Morgan fingerprint density at radius 2 is 1.58 bits per heavy atom. The number of hydrogen-bond acceptors (Lipinski definition) is 5. The van der Waals surface area contributed by atoms with Gasteiger partial charge in [-0.1, -0.05) is 29.3 Å². The smallest absolute Gasteiger partial charge is 0.325 e. The molecule has 0 saturated heterocycles. The van der Waals surface area contributed by atoms with Crippen LogP contribution >= 0.6 is 23.2 Å². The monoisotopic (exact) mass is 609 g/mol. The zero-order chi connectivity index (χ0) is 28.5. The summed E-state index contributed by atoms with van der Waals surface area (Å²) < 4.78 is 92.4. The first kappa shape index (κ1) is 29.6. The highest BCUT2D eigenvalue weighted by Crippen LogP contribution is 2.36. The van der Waals surface area contributed by atoms with Gasteiger partial charge in [0, 0.05) is 10.7 Å². The Labute approximate surface area is 227 Å². The standard InChI is InChI=1S/C23H20Cl2F3N3O5S2/c1-14-18(24)4-3-5-20(14)30-38(35,36)17-9-7-16(8-10-17)29-22(32)13-31(37(2,33)34)21-12-15(23(26,27)28)6-11-19(21)25/h3-12,30H,13H2,1-2H3,(H,29,32). The highest BCUT2D eigenvalue weighted by molar-refractivity contribution is 7.92. The van der Waals surface area contributed by atoms with E-state index < -0.39 is 49.9 Å². The van der Waals surface area contributed by atoms with Gasteiger partial charge in [0.05, 0.1) is 33.1 Å². The summed E-state index contributed by atoms with van der Waals surface area (Å²) >= 11 is 12.0. The van der Waals surface area contributed by atoms with Crippen molar-refractivity contribution in [1.82, 2.24) is 0 Å². The van der Waals surface area contributed by atoms with Crippen LogP contribution in [-0.2, 0) is 31.0 Å². The van der Waals surface area contributed by atoms with Crippen LogP contribution in [0.5, 0.6) is 0 Å². The number of sulfonamides is 2. The largest absolute Gasteiger partial charge is 0.416 e. The molecule has 0 fully saturated rings. The van der Waals surface area contributed by atoms with E-state index in [1.165, 1.54) is 30.3 Å². The molecule has 15 heteroatoms. The topological polar surface area (TPSA) is 113 Å². The van der Waals surface area contributed by atoms with Crippen LogP contribution in [-0.4, -0.2) is 35.5 Å². The van der Waals surface area contributed by atoms with E-state index in [-0.39, 0.29) is 21.3 Å². The second kappa shape index (κ2) is 11.0. The van der Waals surface area contributed by atoms with Crippen molar-refractivity contribution in [2.24, 2.45) is 0 Å². The predicted octanol–water partition coefficient (Wildman–Crippen LogP) is 5.53. The molecule has 0 unspecified atom stereocenters. The van der Waals surface area contributed by atoms with Crippen molar-refractivity contribution < 1.29 is 34.8 Å². The van der Waals surface area contributed by atoms with Gasteiger partial charge in [0.2, 0.25) is 15.9 Å². The van der Waals surface area contributed by atoms with Crippen molar-refractivity contribution in [3.63, 3.8) is 0 Å². The lowest BCUT2D eigenvalue weighted by Gasteiger charge is -2.24. The highest BCUT2D eigenvalue weighted by Gasteiger charge is 2.33. The fourth-order valence-electron chi connectivity index (χ4n) is 3.23. The second-order valence-corrected chi connectivity index (χ2v) is 12.4. The Balaban J connectivity index is 1.79. The molecule has 0 atom stereocenters. The van der Waals surface area contributed by atoms with Crippen molar-refractivity contribution >= 4 is 66.2 Å². The number of nitrogens with zero attached hydrogens (tertiary/aromatic N) is 1. The van der Waals surface area contributed by atoms with Crippen LogP contribution in [0.3, 0.4) is 0 Å². The lowest BCUT2D eigenvalue weighted by Crippen LogP contribution is -2.37. The highest BCUT2D eigenvalue weighted by atomic mass is 35.5. The first-order chi connectivity index (χ1) is 17.5. The minimum atomic E-state index is -4.77. The second-order valence-electron chi connectivity index (χ2n) is 8.02. The first-order valence-corrected chi connectivity index (χ1v) is 14.6. The van der Waals surface area contributed by atoms with Gasteiger partial charge < -0.3 is 5.32 Å². The third-order valence-electron chi connectivity index (χ3n) is 5.19. The molecule has 0 bridgehead atoms. The Morgan fingerprint density at radius 1 is 0.947 bits per heavy atom. The summed E-state index contributed by atoms with van der Waals surface area (Å²) in [6.45, 7) is 0.751. The molecule has 1 amide bonds. The number of carbonyl (C=O) groups is 1. The summed E-state index contributed by atoms with van der Waals surface area (Å²) in [5, 5.41) is 2.44. The predicted molar refractivity (Wildman–Crippen MR) is 141 cm³/mol. The number of hydrogen-bond donors (Lipinski definition) is 2. The normalized spacial score (nSPS) is 12.2. The van der Waals surface area contributed by atoms with Gasteiger partial charge in [-0.15, -0.1) is 0 Å². The molecule has 0 saturated carbocycles. The third-order valence-corrected chi connectivity index (χ3v) is 8.43. The average molecular weight is 610 g/mol. The van der Waals surface area contributed by atoms with Crippen molar-refractivity contribution in [3.8, 4) is 0 Å². The molecule has 0 heterocycles. The number of amides is 1. The van der Waals surface area contributed by atoms with Gasteiger partial charge in [-0.25, -0.2) is 16.8 Å². The molecular weight excluding hydrogens is 590 g/mol. The Hall–Kier alpha value is -3.00. The van der Waals surface area contributed by atoms with Crippen LogP contribution in [0.4, 0.5) is 30.2 Å². The van der Waals surface area contributed by atoms with Crippen molar-refractivity contribution in [2.45, 2.75) is 18.0 Å². The van der Waals surface area contributed by atoms with Crippen LogP contribution in [0.15, 0.2) is 65.6 Å². The number of carbonyl (C=O) groups excluding carboxylic acids is 1. The van der Waals surface area contributed by atoms with Gasteiger partial charge >= 0.3 is 6.18 Å². The van der Waals surface area contributed by atoms with Gasteiger partial charge in [0.1, 0.15) is 6.54 Å².